The van der Waals surface area contributed by atoms with E-state index in [-0.39, 0.29) is 22.2 Å². The van der Waals surface area contributed by atoms with Gasteiger partial charge >= 0.3 is 23.9 Å². The Hall–Kier alpha value is -3.31. The molecule has 0 aliphatic rings. The first-order chi connectivity index (χ1) is 17.3. The van der Waals surface area contributed by atoms with Crippen LogP contribution < -0.4 is 0 Å². The third-order valence-corrected chi connectivity index (χ3v) is 7.12. The largest absolute Gasteiger partial charge is 0.460 e. The number of imidazole rings is 1. The third kappa shape index (κ3) is 4.58. The van der Waals surface area contributed by atoms with Gasteiger partial charge in [-0.1, -0.05) is 6.92 Å². The molecule has 0 fully saturated rings. The van der Waals surface area contributed by atoms with E-state index >= 15 is 0 Å². The van der Waals surface area contributed by atoms with Gasteiger partial charge in [0.25, 0.3) is 0 Å². The molecule has 0 spiro atoms. The number of halogens is 10. The summed E-state index contributed by atoms with van der Waals surface area (Å²) in [4.78, 5) is 14.6. The van der Waals surface area contributed by atoms with Gasteiger partial charge in [-0.3, -0.25) is 4.98 Å². The molecule has 3 aromatic heterocycles. The number of sulfone groups is 1. The minimum atomic E-state index is -7.30. The Bertz CT molecular complexity index is 1430. The van der Waals surface area contributed by atoms with Gasteiger partial charge in [0.1, 0.15) is 5.69 Å². The quantitative estimate of drug-likeness (QED) is 0.341. The normalized spacial score (nSPS) is 14.5. The Morgan fingerprint density at radius 1 is 0.895 bits per heavy atom. The van der Waals surface area contributed by atoms with Crippen molar-refractivity contribution in [2.24, 2.45) is 7.05 Å². The van der Waals surface area contributed by atoms with Crippen LogP contribution in [0.3, 0.4) is 0 Å². The average molecular weight is 579 g/mol. The highest BCUT2D eigenvalue weighted by Gasteiger charge is 2.83. The van der Waals surface area contributed by atoms with Crippen molar-refractivity contribution >= 4 is 9.84 Å². The standard InChI is InChI=1S/C20H15F10N5O2S/c1-3-38(36,37)12-7-10(15-31-5-4-6-32-15)8-33-13(12)16-34-9-11(35(16)2)14(21)17(22,23)18(24,25)19(26,27)20(28,29)30/h4-9,14H,3H2,1-2H3/t14-/m1/s1. The zero-order chi connectivity index (χ0) is 28.9. The molecule has 7 nitrogen and oxygen atoms in total. The molecular weight excluding hydrogens is 564 g/mol. The smallest absolute Gasteiger partial charge is 0.327 e. The van der Waals surface area contributed by atoms with Gasteiger partial charge in [0.05, 0.1) is 22.5 Å². The monoisotopic (exact) mass is 579 g/mol. The molecule has 0 bridgehead atoms. The highest BCUT2D eigenvalue weighted by Crippen LogP contribution is 2.57. The molecule has 38 heavy (non-hydrogen) atoms. The molecule has 0 saturated heterocycles. The first-order valence-electron chi connectivity index (χ1n) is 10.2. The van der Waals surface area contributed by atoms with Crippen molar-refractivity contribution in [2.45, 2.75) is 41.9 Å². The van der Waals surface area contributed by atoms with E-state index in [0.29, 0.717) is 0 Å². The van der Waals surface area contributed by atoms with Crippen LogP contribution in [-0.4, -0.2) is 62.6 Å². The van der Waals surface area contributed by atoms with Crippen LogP contribution in [0.4, 0.5) is 43.9 Å². The summed E-state index contributed by atoms with van der Waals surface area (Å²) in [6, 6.07) is 2.49. The molecule has 18 heteroatoms. The fourth-order valence-corrected chi connectivity index (χ4v) is 4.24. The van der Waals surface area contributed by atoms with E-state index in [1.165, 1.54) is 25.4 Å². The average Bonchev–Trinajstić information content (AvgIpc) is 3.23. The van der Waals surface area contributed by atoms with Crippen molar-refractivity contribution in [3.05, 3.63) is 42.6 Å². The SMILES string of the molecule is CCS(=O)(=O)c1cc(-c2ncccn2)cnc1-c1ncc([C@@H](F)C(F)(F)C(F)(F)C(F)(F)C(F)(F)F)n1C. The highest BCUT2D eigenvalue weighted by molar-refractivity contribution is 7.91. The second kappa shape index (κ2) is 9.46. The van der Waals surface area contributed by atoms with Crippen LogP contribution in [0.5, 0.6) is 0 Å². The summed E-state index contributed by atoms with van der Waals surface area (Å²) < 4.78 is 160. The Kier molecular flexibility index (Phi) is 7.28. The van der Waals surface area contributed by atoms with E-state index in [1.807, 2.05) is 0 Å². The Balaban J connectivity index is 2.14. The molecule has 0 aromatic carbocycles. The predicted molar refractivity (Wildman–Crippen MR) is 110 cm³/mol. The van der Waals surface area contributed by atoms with Crippen molar-refractivity contribution in [2.75, 3.05) is 5.75 Å². The van der Waals surface area contributed by atoms with E-state index in [4.69, 9.17) is 0 Å². The molecule has 0 aliphatic heterocycles. The second-order valence-corrected chi connectivity index (χ2v) is 9.99. The Morgan fingerprint density at radius 2 is 1.47 bits per heavy atom. The van der Waals surface area contributed by atoms with Gasteiger partial charge in [0, 0.05) is 31.2 Å². The first kappa shape index (κ1) is 29.2. The molecule has 0 radical (unpaired) electrons. The van der Waals surface area contributed by atoms with Gasteiger partial charge in [-0.15, -0.1) is 0 Å². The molecule has 1 atom stereocenters. The summed E-state index contributed by atoms with van der Waals surface area (Å²) in [5, 5.41) is 0. The van der Waals surface area contributed by atoms with Crippen molar-refractivity contribution in [3.63, 3.8) is 0 Å². The maximum atomic E-state index is 14.7. The fourth-order valence-electron chi connectivity index (χ4n) is 3.19. The number of nitrogens with zero attached hydrogens (tertiary/aromatic N) is 5. The maximum Gasteiger partial charge on any atom is 0.460 e. The van der Waals surface area contributed by atoms with Gasteiger partial charge in [-0.2, -0.15) is 39.5 Å². The molecular formula is C20H15F10N5O2S. The summed E-state index contributed by atoms with van der Waals surface area (Å²) in [7, 11) is -3.46. The zero-order valence-electron chi connectivity index (χ0n) is 19.0. The van der Waals surface area contributed by atoms with Crippen LogP contribution in [0.2, 0.25) is 0 Å². The summed E-state index contributed by atoms with van der Waals surface area (Å²) in [6.07, 6.45) is -7.71. The highest BCUT2D eigenvalue weighted by atomic mass is 32.2. The minimum absolute atomic E-state index is 0.0240. The van der Waals surface area contributed by atoms with E-state index < -0.39 is 67.8 Å². The van der Waals surface area contributed by atoms with Crippen LogP contribution >= 0.6 is 0 Å². The first-order valence-corrected chi connectivity index (χ1v) is 11.8. The van der Waals surface area contributed by atoms with Gasteiger partial charge in [-0.05, 0) is 12.1 Å². The van der Waals surface area contributed by atoms with Crippen molar-refractivity contribution in [1.29, 1.82) is 0 Å². The molecule has 3 rings (SSSR count). The van der Waals surface area contributed by atoms with Crippen LogP contribution in [0.15, 0.2) is 41.8 Å². The Labute approximate surface area is 207 Å². The minimum Gasteiger partial charge on any atom is -0.327 e. The van der Waals surface area contributed by atoms with Crippen LogP contribution in [0, 0.1) is 0 Å². The number of hydrogen-bond acceptors (Lipinski definition) is 6. The second-order valence-electron chi connectivity index (χ2n) is 7.74. The lowest BCUT2D eigenvalue weighted by Crippen LogP contribution is -2.62. The van der Waals surface area contributed by atoms with Gasteiger partial charge in [-0.25, -0.2) is 27.8 Å². The number of aromatic nitrogens is 5. The van der Waals surface area contributed by atoms with Crippen molar-refractivity contribution < 1.29 is 52.3 Å². The zero-order valence-corrected chi connectivity index (χ0v) is 19.8. The van der Waals surface area contributed by atoms with Gasteiger partial charge in [0.15, 0.2) is 21.5 Å². The molecule has 0 N–H and O–H groups in total. The number of pyridine rings is 1. The third-order valence-electron chi connectivity index (χ3n) is 5.37. The topological polar surface area (TPSA) is 90.6 Å². The maximum absolute atomic E-state index is 14.7. The lowest BCUT2D eigenvalue weighted by atomic mass is 9.98. The van der Waals surface area contributed by atoms with Crippen LogP contribution in [0.1, 0.15) is 18.8 Å². The Morgan fingerprint density at radius 3 is 2.00 bits per heavy atom. The molecule has 0 aliphatic carbocycles. The van der Waals surface area contributed by atoms with Crippen LogP contribution in [0.25, 0.3) is 22.9 Å². The number of rotatable bonds is 8. The van der Waals surface area contributed by atoms with E-state index in [2.05, 4.69) is 19.9 Å². The summed E-state index contributed by atoms with van der Waals surface area (Å²) in [5.74, 6) is -22.3. The van der Waals surface area contributed by atoms with E-state index in [9.17, 15) is 52.3 Å². The van der Waals surface area contributed by atoms with E-state index in [1.54, 1.807) is 0 Å². The van der Waals surface area contributed by atoms with E-state index in [0.717, 1.165) is 19.3 Å². The van der Waals surface area contributed by atoms with Crippen LogP contribution in [-0.2, 0) is 16.9 Å². The number of alkyl halides is 10. The summed E-state index contributed by atoms with van der Waals surface area (Å²) in [6.45, 7) is 1.23. The fraction of sp³-hybridized carbons (Fsp3) is 0.400. The summed E-state index contributed by atoms with van der Waals surface area (Å²) >= 11 is 0. The number of hydrogen-bond donors (Lipinski definition) is 0. The molecule has 3 aromatic rings. The van der Waals surface area contributed by atoms with Gasteiger partial charge in [0.2, 0.25) is 6.17 Å². The van der Waals surface area contributed by atoms with Crippen molar-refractivity contribution in [3.8, 4) is 22.9 Å². The predicted octanol–water partition coefficient (Wildman–Crippen LogP) is 5.21. The molecule has 0 amide bonds. The molecule has 3 heterocycles. The van der Waals surface area contributed by atoms with Gasteiger partial charge < -0.3 is 4.57 Å². The lowest BCUT2D eigenvalue weighted by Gasteiger charge is -2.35. The lowest BCUT2D eigenvalue weighted by molar-refractivity contribution is -0.403. The molecule has 0 saturated carbocycles. The molecule has 0 unspecified atom stereocenters. The van der Waals surface area contributed by atoms with Crippen molar-refractivity contribution in [1.82, 2.24) is 24.5 Å². The summed E-state index contributed by atoms with van der Waals surface area (Å²) in [5.41, 5.74) is -2.07. The molecule has 208 valence electrons.